The number of carbonyl (C=O) groups excluding carboxylic acids is 1. The summed E-state index contributed by atoms with van der Waals surface area (Å²) in [4.78, 5) is 20.5. The van der Waals surface area contributed by atoms with E-state index in [1.807, 2.05) is 41.8 Å². The summed E-state index contributed by atoms with van der Waals surface area (Å²) >= 11 is 3.07. The van der Waals surface area contributed by atoms with Crippen LogP contribution in [0.2, 0.25) is 0 Å². The van der Waals surface area contributed by atoms with Crippen molar-refractivity contribution in [2.24, 2.45) is 0 Å². The molecule has 0 unspecified atom stereocenters. The molecule has 0 aliphatic carbocycles. The summed E-state index contributed by atoms with van der Waals surface area (Å²) < 4.78 is 1.05. The lowest BCUT2D eigenvalue weighted by molar-refractivity contribution is 0.102. The maximum absolute atomic E-state index is 12.0. The van der Waals surface area contributed by atoms with Crippen LogP contribution in [-0.2, 0) is 0 Å². The molecule has 0 amide bonds. The highest BCUT2D eigenvalue weighted by Crippen LogP contribution is 2.28. The van der Waals surface area contributed by atoms with E-state index in [0.29, 0.717) is 5.75 Å². The normalized spacial score (nSPS) is 10.7. The Kier molecular flexibility index (Phi) is 3.57. The van der Waals surface area contributed by atoms with Crippen LogP contribution in [0.3, 0.4) is 0 Å². The van der Waals surface area contributed by atoms with Crippen molar-refractivity contribution in [2.45, 2.75) is 5.03 Å². The largest absolute Gasteiger partial charge is 0.293 e. The molecular formula is C14H10N2OS2. The number of nitrogens with zero attached hydrogens (tertiary/aromatic N) is 2. The maximum atomic E-state index is 12.0. The zero-order valence-electron chi connectivity index (χ0n) is 9.95. The first-order chi connectivity index (χ1) is 9.34. The monoisotopic (exact) mass is 286 g/mol. The fourth-order valence-corrected chi connectivity index (χ4v) is 3.55. The molecule has 0 radical (unpaired) electrons. The second kappa shape index (κ2) is 5.50. The molecule has 5 heteroatoms. The minimum atomic E-state index is 0.119. The second-order valence-electron chi connectivity index (χ2n) is 3.89. The van der Waals surface area contributed by atoms with Crippen molar-refractivity contribution in [3.63, 3.8) is 0 Å². The number of thioether (sulfide) groups is 1. The van der Waals surface area contributed by atoms with Crippen molar-refractivity contribution in [1.82, 2.24) is 9.97 Å². The van der Waals surface area contributed by atoms with Crippen LogP contribution in [0.4, 0.5) is 0 Å². The van der Waals surface area contributed by atoms with Crippen LogP contribution in [0.5, 0.6) is 0 Å². The van der Waals surface area contributed by atoms with Gasteiger partial charge in [0.2, 0.25) is 0 Å². The van der Waals surface area contributed by atoms with E-state index in [2.05, 4.69) is 9.97 Å². The van der Waals surface area contributed by atoms with Crippen molar-refractivity contribution in [1.29, 1.82) is 0 Å². The lowest BCUT2D eigenvalue weighted by Crippen LogP contribution is -2.02. The molecule has 2 heterocycles. The van der Waals surface area contributed by atoms with E-state index in [9.17, 15) is 4.79 Å². The Balaban J connectivity index is 1.76. The van der Waals surface area contributed by atoms with Gasteiger partial charge < -0.3 is 0 Å². The SMILES string of the molecule is O=C(CSc1ncnc2ccsc12)c1ccccc1. The molecule has 0 saturated carbocycles. The molecule has 2 aromatic heterocycles. The van der Waals surface area contributed by atoms with Gasteiger partial charge in [-0.3, -0.25) is 4.79 Å². The van der Waals surface area contributed by atoms with E-state index in [4.69, 9.17) is 0 Å². The molecule has 0 bridgehead atoms. The number of benzene rings is 1. The van der Waals surface area contributed by atoms with E-state index in [1.165, 1.54) is 11.8 Å². The van der Waals surface area contributed by atoms with E-state index in [1.54, 1.807) is 17.7 Å². The molecule has 0 saturated heterocycles. The zero-order valence-corrected chi connectivity index (χ0v) is 11.6. The van der Waals surface area contributed by atoms with Crippen molar-refractivity contribution >= 4 is 39.1 Å². The smallest absolute Gasteiger partial charge is 0.173 e. The van der Waals surface area contributed by atoms with Gasteiger partial charge in [-0.05, 0) is 11.4 Å². The van der Waals surface area contributed by atoms with Crippen molar-refractivity contribution in [3.8, 4) is 0 Å². The van der Waals surface area contributed by atoms with Crippen LogP contribution in [0.15, 0.2) is 53.1 Å². The van der Waals surface area contributed by atoms with Crippen LogP contribution < -0.4 is 0 Å². The van der Waals surface area contributed by atoms with Crippen LogP contribution in [0, 0.1) is 0 Å². The summed E-state index contributed by atoms with van der Waals surface area (Å²) in [5.41, 5.74) is 1.68. The Morgan fingerprint density at radius 3 is 2.84 bits per heavy atom. The summed E-state index contributed by atoms with van der Waals surface area (Å²) in [5, 5.41) is 2.87. The van der Waals surface area contributed by atoms with Gasteiger partial charge in [-0.1, -0.05) is 42.1 Å². The van der Waals surface area contributed by atoms with Gasteiger partial charge in [0.05, 0.1) is 16.0 Å². The first-order valence-corrected chi connectivity index (χ1v) is 7.60. The molecule has 3 aromatic rings. The van der Waals surface area contributed by atoms with Gasteiger partial charge in [-0.15, -0.1) is 11.3 Å². The lowest BCUT2D eigenvalue weighted by Gasteiger charge is -2.01. The molecule has 0 atom stereocenters. The minimum Gasteiger partial charge on any atom is -0.293 e. The number of rotatable bonds is 4. The Morgan fingerprint density at radius 1 is 1.16 bits per heavy atom. The number of carbonyl (C=O) groups is 1. The number of ketones is 1. The van der Waals surface area contributed by atoms with Gasteiger partial charge in [-0.25, -0.2) is 9.97 Å². The first-order valence-electron chi connectivity index (χ1n) is 5.74. The predicted molar refractivity (Wildman–Crippen MR) is 78.9 cm³/mol. The zero-order chi connectivity index (χ0) is 13.1. The maximum Gasteiger partial charge on any atom is 0.173 e. The van der Waals surface area contributed by atoms with Crippen molar-refractivity contribution < 1.29 is 4.79 Å². The van der Waals surface area contributed by atoms with E-state index < -0.39 is 0 Å². The van der Waals surface area contributed by atoms with Gasteiger partial charge in [0.1, 0.15) is 11.4 Å². The van der Waals surface area contributed by atoms with Crippen molar-refractivity contribution in [3.05, 3.63) is 53.7 Å². The minimum absolute atomic E-state index is 0.119. The molecule has 3 nitrogen and oxygen atoms in total. The van der Waals surface area contributed by atoms with Crippen molar-refractivity contribution in [2.75, 3.05) is 5.75 Å². The van der Waals surface area contributed by atoms with E-state index in [-0.39, 0.29) is 5.78 Å². The molecule has 0 aliphatic rings. The van der Waals surface area contributed by atoms with Crippen LogP contribution in [-0.4, -0.2) is 21.5 Å². The molecule has 19 heavy (non-hydrogen) atoms. The molecular weight excluding hydrogens is 276 g/mol. The average molecular weight is 286 g/mol. The quantitative estimate of drug-likeness (QED) is 0.417. The number of fused-ring (bicyclic) bond motifs is 1. The Labute approximate surface area is 118 Å². The molecule has 0 aliphatic heterocycles. The molecule has 0 N–H and O–H groups in total. The third-order valence-electron chi connectivity index (χ3n) is 2.65. The number of aromatic nitrogens is 2. The molecule has 3 rings (SSSR count). The van der Waals surface area contributed by atoms with Crippen LogP contribution >= 0.6 is 23.1 Å². The van der Waals surface area contributed by atoms with Gasteiger partial charge >= 0.3 is 0 Å². The summed E-state index contributed by atoms with van der Waals surface area (Å²) in [6.07, 6.45) is 1.55. The lowest BCUT2D eigenvalue weighted by atomic mass is 10.2. The van der Waals surface area contributed by atoms with Crippen LogP contribution in [0.25, 0.3) is 10.2 Å². The Hall–Kier alpha value is -1.72. The summed E-state index contributed by atoms with van der Waals surface area (Å²) in [6, 6.07) is 11.3. The number of hydrogen-bond donors (Lipinski definition) is 0. The van der Waals surface area contributed by atoms with Gasteiger partial charge in [0.15, 0.2) is 5.78 Å². The van der Waals surface area contributed by atoms with E-state index in [0.717, 1.165) is 20.8 Å². The van der Waals surface area contributed by atoms with Gasteiger partial charge in [0.25, 0.3) is 0 Å². The number of thiophene rings is 1. The topological polar surface area (TPSA) is 42.9 Å². The molecule has 1 aromatic carbocycles. The molecule has 94 valence electrons. The summed E-state index contributed by atoms with van der Waals surface area (Å²) in [6.45, 7) is 0. The third kappa shape index (κ3) is 2.67. The van der Waals surface area contributed by atoms with Gasteiger partial charge in [-0.2, -0.15) is 0 Å². The second-order valence-corrected chi connectivity index (χ2v) is 5.77. The highest BCUT2D eigenvalue weighted by atomic mass is 32.2. The van der Waals surface area contributed by atoms with Crippen LogP contribution in [0.1, 0.15) is 10.4 Å². The molecule has 0 spiro atoms. The highest BCUT2D eigenvalue weighted by Gasteiger charge is 2.10. The first kappa shape index (κ1) is 12.3. The fourth-order valence-electron chi connectivity index (χ4n) is 1.71. The van der Waals surface area contributed by atoms with E-state index >= 15 is 0 Å². The molecule has 0 fully saturated rings. The Morgan fingerprint density at radius 2 is 2.00 bits per heavy atom. The number of Topliss-reactive ketones (excluding diaryl/α,β-unsaturated/α-hetero) is 1. The Bertz CT molecular complexity index is 710. The highest BCUT2D eigenvalue weighted by molar-refractivity contribution is 8.00. The average Bonchev–Trinajstić information content (AvgIpc) is 2.94. The fraction of sp³-hybridized carbons (Fsp3) is 0.0714. The summed E-state index contributed by atoms with van der Waals surface area (Å²) in [7, 11) is 0. The standard InChI is InChI=1S/C14H10N2OS2/c17-12(10-4-2-1-3-5-10)8-19-14-13-11(6-7-18-13)15-9-16-14/h1-7,9H,8H2. The summed E-state index contributed by atoms with van der Waals surface area (Å²) in [5.74, 6) is 0.516. The predicted octanol–water partition coefficient (Wildman–Crippen LogP) is 3.67. The number of hydrogen-bond acceptors (Lipinski definition) is 5. The van der Waals surface area contributed by atoms with Gasteiger partial charge in [0, 0.05) is 5.56 Å². The third-order valence-corrected chi connectivity index (χ3v) is 4.68.